The summed E-state index contributed by atoms with van der Waals surface area (Å²) in [6, 6.07) is 22.0. The summed E-state index contributed by atoms with van der Waals surface area (Å²) in [5, 5.41) is 16.7. The minimum absolute atomic E-state index is 0. The summed E-state index contributed by atoms with van der Waals surface area (Å²) in [6.07, 6.45) is 17.6. The Labute approximate surface area is 431 Å². The maximum absolute atomic E-state index is 14.1. The largest absolute Gasteiger partial charge is 2.00 e. The van der Waals surface area contributed by atoms with Gasteiger partial charge in [0.15, 0.2) is 0 Å². The van der Waals surface area contributed by atoms with Crippen LogP contribution in [0.15, 0.2) is 91.0 Å². The molecule has 2 aliphatic carbocycles. The summed E-state index contributed by atoms with van der Waals surface area (Å²) >= 11 is 0. The smallest absolute Gasteiger partial charge is 0.467 e. The molecule has 6 N–H and O–H groups in total. The average Bonchev–Trinajstić information content (AvgIpc) is 4.14. The molecule has 15 nitrogen and oxygen atoms in total. The fourth-order valence-electron chi connectivity index (χ4n) is 7.34. The van der Waals surface area contributed by atoms with Gasteiger partial charge in [0.25, 0.3) is 0 Å². The third kappa shape index (κ3) is 22.5. The van der Waals surface area contributed by atoms with E-state index in [9.17, 15) is 33.6 Å². The van der Waals surface area contributed by atoms with Crippen molar-refractivity contribution in [2.75, 3.05) is 13.7 Å². The number of hydrogen-bond donors (Lipinski definition) is 6. The van der Waals surface area contributed by atoms with Crippen molar-refractivity contribution in [3.63, 3.8) is 0 Å². The van der Waals surface area contributed by atoms with E-state index < -0.39 is 77.7 Å². The molecule has 0 spiro atoms. The quantitative estimate of drug-likeness (QED) is 0.0370. The number of ether oxygens (including phenoxy) is 2. The first kappa shape index (κ1) is 59.6. The molecule has 0 saturated heterocycles. The van der Waals surface area contributed by atoms with Crippen molar-refractivity contribution in [2.24, 2.45) is 11.8 Å². The molecule has 2 fully saturated rings. The van der Waals surface area contributed by atoms with E-state index in [1.807, 2.05) is 125 Å². The summed E-state index contributed by atoms with van der Waals surface area (Å²) in [5.41, 5.74) is 2.38. The molecule has 5 rings (SSSR count). The summed E-state index contributed by atoms with van der Waals surface area (Å²) < 4.78 is 10.3. The fourth-order valence-corrected chi connectivity index (χ4v) is 7.34. The van der Waals surface area contributed by atoms with Crippen LogP contribution >= 0.6 is 0 Å². The molecule has 2 saturated carbocycles. The SMILES string of the molecule is COC(=O)[C@H](Cc1ccccc1)NC(=O)[C@H](Cc1ccccc1)NC(=O)[C@@H](NC(=O)[C@H](CC(C)C)NC(=O)[C@H](CCCCNC(=O)OCc1ccccc1)NC(=O)[C]1[CH][CH][CH][CH]1)C(C)C.[CH]1[CH][CH][CH][CH]1.[Fe+2]. The van der Waals surface area contributed by atoms with Crippen LogP contribution in [0.25, 0.3) is 0 Å². The van der Waals surface area contributed by atoms with Gasteiger partial charge in [-0.05, 0) is 112 Å². The predicted octanol–water partition coefficient (Wildman–Crippen LogP) is 5.29. The summed E-state index contributed by atoms with van der Waals surface area (Å²) in [7, 11) is 1.23. The number of hydrogen-bond acceptors (Lipinski definition) is 9. The summed E-state index contributed by atoms with van der Waals surface area (Å²) in [5.74, 6) is -3.78. The van der Waals surface area contributed by atoms with Gasteiger partial charge in [0.2, 0.25) is 29.5 Å². The van der Waals surface area contributed by atoms with Crippen molar-refractivity contribution in [3.8, 4) is 0 Å². The molecule has 0 unspecified atom stereocenters. The molecule has 3 aromatic rings. The number of alkyl carbamates (subject to hydrolysis) is 1. The number of esters is 1. The van der Waals surface area contributed by atoms with Crippen LogP contribution in [0, 0.1) is 75.5 Å². The minimum atomic E-state index is -1.15. The van der Waals surface area contributed by atoms with Crippen molar-refractivity contribution < 1.29 is 60.1 Å². The Morgan fingerprint density at radius 2 is 1.00 bits per heavy atom. The fraction of sp³-hybridized carbons (Fsp3) is 0.364. The van der Waals surface area contributed by atoms with Gasteiger partial charge in [0.1, 0.15) is 36.8 Å². The second kappa shape index (κ2) is 33.0. The number of carbonyl (C=O) groups excluding carboxylic acids is 7. The van der Waals surface area contributed by atoms with Crippen LogP contribution < -0.4 is 31.9 Å². The molecule has 3 aromatic carbocycles. The van der Waals surface area contributed by atoms with Gasteiger partial charge in [0, 0.05) is 19.4 Å². The number of methoxy groups -OCH3 is 1. The molecule has 10 radical (unpaired) electrons. The van der Waals surface area contributed by atoms with Gasteiger partial charge < -0.3 is 41.4 Å². The maximum atomic E-state index is 14.1. The van der Waals surface area contributed by atoms with Crippen LogP contribution in [0.2, 0.25) is 0 Å². The number of unbranched alkanes of at least 4 members (excludes halogenated alkanes) is 1. The topological polar surface area (TPSA) is 210 Å². The minimum Gasteiger partial charge on any atom is -0.467 e. The van der Waals surface area contributed by atoms with E-state index >= 15 is 0 Å². The molecule has 71 heavy (non-hydrogen) atoms. The maximum Gasteiger partial charge on any atom is 2.00 e. The molecule has 6 amide bonds. The molecule has 5 atom stereocenters. The standard InChI is InChI=1S/C50H63N6O9.C5H5.Fe/c1-33(2)29-40(53-45(58)39(52-44(57)38-25-15-16-26-38)27-17-18-28-51-50(63)65-32-37-23-13-8-14-24-37)47(60)56-43(34(3)4)48(61)54-41(30-35-19-9-6-10-20-35)46(59)55-42(49(62)64-5)31-36-21-11-7-12-22-36;1-2-4-5-3-1;/h6-16,19-26,33-34,39-43H,17-18,27-32H2,1-5H3,(H,51,63)(H,52,57)(H,53,58)(H,54,61)(H,55,59)(H,56,60);1-5H;/q;;+2/t39-,40-,41-,42-,43-;;/m0../s1. The third-order valence-corrected chi connectivity index (χ3v) is 11.1. The van der Waals surface area contributed by atoms with Gasteiger partial charge in [-0.3, -0.25) is 24.0 Å². The zero-order valence-corrected chi connectivity index (χ0v) is 42.2. The predicted molar refractivity (Wildman–Crippen MR) is 267 cm³/mol. The zero-order valence-electron chi connectivity index (χ0n) is 41.1. The Hall–Kier alpha value is -5.73. The molecule has 0 bridgehead atoms. The first-order valence-corrected chi connectivity index (χ1v) is 23.7. The van der Waals surface area contributed by atoms with Crippen LogP contribution in [0.3, 0.4) is 0 Å². The van der Waals surface area contributed by atoms with Crippen LogP contribution in [-0.2, 0) is 74.8 Å². The summed E-state index contributed by atoms with van der Waals surface area (Å²) in [4.78, 5) is 94.6. The number of carbonyl (C=O) groups is 7. The van der Waals surface area contributed by atoms with Crippen LogP contribution in [-0.4, -0.2) is 85.5 Å². The van der Waals surface area contributed by atoms with Crippen molar-refractivity contribution in [1.82, 2.24) is 31.9 Å². The van der Waals surface area contributed by atoms with E-state index in [0.717, 1.165) is 16.7 Å². The van der Waals surface area contributed by atoms with Crippen molar-refractivity contribution in [2.45, 2.75) is 103 Å². The average molecular weight is 1010 g/mol. The molecule has 0 heterocycles. The first-order valence-electron chi connectivity index (χ1n) is 23.7. The van der Waals surface area contributed by atoms with Crippen molar-refractivity contribution in [3.05, 3.63) is 171 Å². The second-order valence-corrected chi connectivity index (χ2v) is 17.6. The monoisotopic (exact) mass is 1010 g/mol. The van der Waals surface area contributed by atoms with Gasteiger partial charge >= 0.3 is 29.1 Å². The van der Waals surface area contributed by atoms with Crippen LogP contribution in [0.4, 0.5) is 4.79 Å². The third-order valence-electron chi connectivity index (χ3n) is 11.1. The van der Waals surface area contributed by atoms with Gasteiger partial charge in [-0.2, -0.15) is 0 Å². The Kier molecular flexibility index (Phi) is 27.7. The van der Waals surface area contributed by atoms with Gasteiger partial charge in [-0.25, -0.2) is 9.59 Å². The summed E-state index contributed by atoms with van der Waals surface area (Å²) in [6.45, 7) is 7.65. The molecule has 0 aliphatic heterocycles. The number of amides is 6. The Morgan fingerprint density at radius 1 is 0.521 bits per heavy atom. The van der Waals surface area contributed by atoms with E-state index in [0.29, 0.717) is 18.8 Å². The number of nitrogens with one attached hydrogen (secondary N) is 6. The van der Waals surface area contributed by atoms with E-state index in [4.69, 9.17) is 9.47 Å². The van der Waals surface area contributed by atoms with E-state index in [1.165, 1.54) is 7.11 Å². The van der Waals surface area contributed by atoms with Crippen LogP contribution in [0.5, 0.6) is 0 Å². The van der Waals surface area contributed by atoms with Crippen LogP contribution in [0.1, 0.15) is 70.1 Å². The second-order valence-electron chi connectivity index (χ2n) is 17.6. The molecule has 2 aliphatic rings. The number of benzene rings is 3. The van der Waals surface area contributed by atoms with Gasteiger partial charge in [0.05, 0.1) is 13.0 Å². The Balaban J connectivity index is 0.00000208. The van der Waals surface area contributed by atoms with E-state index in [2.05, 4.69) is 31.9 Å². The Morgan fingerprint density at radius 3 is 1.52 bits per heavy atom. The normalized spacial score (nSPS) is 15.3. The zero-order chi connectivity index (χ0) is 50.7. The molecular formula is C55H68FeN6O9+2. The first-order chi connectivity index (χ1) is 33.7. The number of rotatable bonds is 25. The van der Waals surface area contributed by atoms with Crippen molar-refractivity contribution >= 4 is 41.6 Å². The van der Waals surface area contributed by atoms with Crippen molar-refractivity contribution in [1.29, 1.82) is 0 Å². The Bertz CT molecular complexity index is 2060. The van der Waals surface area contributed by atoms with Gasteiger partial charge in [-0.15, -0.1) is 0 Å². The molecule has 378 valence electrons. The van der Waals surface area contributed by atoms with E-state index in [-0.39, 0.29) is 61.8 Å². The van der Waals surface area contributed by atoms with E-state index in [1.54, 1.807) is 51.7 Å². The van der Waals surface area contributed by atoms with Gasteiger partial charge in [-0.1, -0.05) is 119 Å². The molecule has 16 heteroatoms. The molecule has 0 aromatic heterocycles. The molecular weight excluding hydrogens is 944 g/mol.